The van der Waals surface area contributed by atoms with Crippen LogP contribution in [0.4, 0.5) is 0 Å². The molecule has 0 radical (unpaired) electrons. The normalized spacial score (nSPS) is 13.2. The molecule has 0 fully saturated rings. The summed E-state index contributed by atoms with van der Waals surface area (Å²) in [7, 11) is 0. The molecule has 1 unspecified atom stereocenters. The van der Waals surface area contributed by atoms with Crippen LogP contribution in [0, 0.1) is 0 Å². The van der Waals surface area contributed by atoms with Gasteiger partial charge in [-0.1, -0.05) is 138 Å². The minimum atomic E-state index is -0.549. The predicted octanol–water partition coefficient (Wildman–Crippen LogP) is 11.5. The number of carbonyl (C=O) groups excluding carboxylic acids is 1. The molecule has 0 aliphatic rings. The Labute approximate surface area is 272 Å². The summed E-state index contributed by atoms with van der Waals surface area (Å²) in [4.78, 5) is 12.1. The highest BCUT2D eigenvalue weighted by Crippen LogP contribution is 2.10. The molecule has 252 valence electrons. The zero-order chi connectivity index (χ0) is 32.0. The first-order chi connectivity index (χ1) is 21.7. The van der Waals surface area contributed by atoms with E-state index in [1.165, 1.54) is 57.8 Å². The highest BCUT2D eigenvalue weighted by Gasteiger charge is 2.13. The van der Waals surface area contributed by atoms with Crippen molar-refractivity contribution in [2.75, 3.05) is 19.8 Å². The fraction of sp³-hybridized carbons (Fsp3) is 0.675. The van der Waals surface area contributed by atoms with Crippen molar-refractivity contribution in [1.82, 2.24) is 0 Å². The van der Waals surface area contributed by atoms with Gasteiger partial charge in [0.05, 0.1) is 13.2 Å². The number of aliphatic hydroxyl groups excluding tert-OH is 1. The molecule has 0 aliphatic heterocycles. The molecule has 44 heavy (non-hydrogen) atoms. The van der Waals surface area contributed by atoms with E-state index in [1.807, 2.05) is 0 Å². The Morgan fingerprint density at radius 1 is 0.568 bits per heavy atom. The smallest absolute Gasteiger partial charge is 0.306 e. The zero-order valence-corrected chi connectivity index (χ0v) is 28.6. The van der Waals surface area contributed by atoms with Crippen molar-refractivity contribution in [1.29, 1.82) is 0 Å². The molecule has 1 N–H and O–H groups in total. The average molecular weight is 613 g/mol. The van der Waals surface area contributed by atoms with Crippen LogP contribution in [-0.2, 0) is 14.3 Å². The van der Waals surface area contributed by atoms with E-state index >= 15 is 0 Å². The number of hydrogen-bond donors (Lipinski definition) is 1. The van der Waals surface area contributed by atoms with Crippen LogP contribution in [0.5, 0.6) is 0 Å². The fourth-order valence-electron chi connectivity index (χ4n) is 4.59. The van der Waals surface area contributed by atoms with Crippen molar-refractivity contribution >= 4 is 5.97 Å². The van der Waals surface area contributed by atoms with Crippen molar-refractivity contribution < 1.29 is 19.4 Å². The van der Waals surface area contributed by atoms with Crippen LogP contribution in [0.25, 0.3) is 0 Å². The topological polar surface area (TPSA) is 55.8 Å². The van der Waals surface area contributed by atoms with Crippen LogP contribution in [-0.4, -0.2) is 37.0 Å². The van der Waals surface area contributed by atoms with Gasteiger partial charge in [0.2, 0.25) is 0 Å². The minimum Gasteiger partial charge on any atom is -0.457 e. The van der Waals surface area contributed by atoms with E-state index in [0.29, 0.717) is 13.0 Å². The summed E-state index contributed by atoms with van der Waals surface area (Å²) in [6, 6.07) is 0. The summed E-state index contributed by atoms with van der Waals surface area (Å²) in [6.45, 7) is 5.12. The van der Waals surface area contributed by atoms with Gasteiger partial charge in [0.15, 0.2) is 0 Å². The molecular formula is C40H68O4. The number of rotatable bonds is 32. The molecule has 1 atom stereocenters. The summed E-state index contributed by atoms with van der Waals surface area (Å²) in [5.41, 5.74) is 0. The second-order valence-corrected chi connectivity index (χ2v) is 11.6. The van der Waals surface area contributed by atoms with Crippen LogP contribution < -0.4 is 0 Å². The third kappa shape index (κ3) is 34.3. The summed E-state index contributed by atoms with van der Waals surface area (Å²) in [6.07, 6.45) is 49.4. The Balaban J connectivity index is 3.55. The number of ether oxygens (including phenoxy) is 2. The maximum atomic E-state index is 12.1. The molecule has 0 amide bonds. The SMILES string of the molecule is CC/C=C\C/C=C\C/C=C\C/C=C\C/C=C\CCCCCCCC(=O)OC(CO)COCCCCCCCC/C=C\CCC. The third-order valence-corrected chi connectivity index (χ3v) is 7.25. The van der Waals surface area contributed by atoms with Gasteiger partial charge in [-0.3, -0.25) is 4.79 Å². The molecule has 0 saturated heterocycles. The predicted molar refractivity (Wildman–Crippen MR) is 191 cm³/mol. The van der Waals surface area contributed by atoms with E-state index in [9.17, 15) is 9.90 Å². The van der Waals surface area contributed by atoms with Crippen molar-refractivity contribution in [2.24, 2.45) is 0 Å². The molecule has 0 spiro atoms. The van der Waals surface area contributed by atoms with E-state index in [4.69, 9.17) is 9.47 Å². The average Bonchev–Trinajstić information content (AvgIpc) is 3.03. The first-order valence-corrected chi connectivity index (χ1v) is 18.0. The second-order valence-electron chi connectivity index (χ2n) is 11.6. The first-order valence-electron chi connectivity index (χ1n) is 18.0. The van der Waals surface area contributed by atoms with Gasteiger partial charge in [-0.05, 0) is 77.0 Å². The number of carbonyl (C=O) groups is 1. The number of allylic oxidation sites excluding steroid dienone is 12. The molecule has 4 nitrogen and oxygen atoms in total. The largest absolute Gasteiger partial charge is 0.457 e. The molecule has 0 bridgehead atoms. The van der Waals surface area contributed by atoms with E-state index in [-0.39, 0.29) is 19.2 Å². The standard InChI is InChI=1S/C40H68O4/c1-3-5-7-9-11-13-15-16-17-18-19-20-21-22-23-24-25-27-29-31-33-35-40(42)44-39(37-41)38-43-36-34-32-30-28-26-14-12-10-8-6-4-2/h5,7-8,10-11,13,16-17,19-20,22-23,39,41H,3-4,6,9,12,14-15,18,21,24-38H2,1-2H3/b7-5-,10-8-,13-11-,17-16-,20-19-,23-22-. The Morgan fingerprint density at radius 2 is 1.02 bits per heavy atom. The lowest BCUT2D eigenvalue weighted by Crippen LogP contribution is -2.27. The molecule has 0 aliphatic carbocycles. The molecule has 0 rings (SSSR count). The summed E-state index contributed by atoms with van der Waals surface area (Å²) in [5, 5.41) is 9.54. The van der Waals surface area contributed by atoms with Crippen molar-refractivity contribution in [3.8, 4) is 0 Å². The summed E-state index contributed by atoms with van der Waals surface area (Å²) >= 11 is 0. The lowest BCUT2D eigenvalue weighted by molar-refractivity contribution is -0.154. The maximum absolute atomic E-state index is 12.1. The van der Waals surface area contributed by atoms with E-state index in [1.54, 1.807) is 0 Å². The lowest BCUT2D eigenvalue weighted by atomic mass is 10.1. The Kier molecular flexibility index (Phi) is 35.2. The highest BCUT2D eigenvalue weighted by molar-refractivity contribution is 5.69. The van der Waals surface area contributed by atoms with Gasteiger partial charge in [-0.2, -0.15) is 0 Å². The molecule has 4 heteroatoms. The Bertz CT molecular complexity index is 774. The van der Waals surface area contributed by atoms with Gasteiger partial charge in [-0.15, -0.1) is 0 Å². The van der Waals surface area contributed by atoms with Gasteiger partial charge in [0.1, 0.15) is 6.10 Å². The van der Waals surface area contributed by atoms with Crippen molar-refractivity contribution in [3.05, 3.63) is 72.9 Å². The first kappa shape index (κ1) is 41.8. The number of unbranched alkanes of at least 4 members (excludes halogenated alkanes) is 12. The van der Waals surface area contributed by atoms with Crippen LogP contribution in [0.1, 0.15) is 149 Å². The van der Waals surface area contributed by atoms with Crippen LogP contribution in [0.15, 0.2) is 72.9 Å². The third-order valence-electron chi connectivity index (χ3n) is 7.25. The van der Waals surface area contributed by atoms with Crippen molar-refractivity contribution in [2.45, 2.75) is 155 Å². The monoisotopic (exact) mass is 613 g/mol. The highest BCUT2D eigenvalue weighted by atomic mass is 16.6. The Morgan fingerprint density at radius 3 is 1.57 bits per heavy atom. The molecule has 0 heterocycles. The molecule has 0 aromatic heterocycles. The second kappa shape index (κ2) is 37.0. The minimum absolute atomic E-state index is 0.186. The van der Waals surface area contributed by atoms with Gasteiger partial charge >= 0.3 is 5.97 Å². The molecule has 0 aromatic rings. The van der Waals surface area contributed by atoms with E-state index in [2.05, 4.69) is 86.8 Å². The number of aliphatic hydroxyl groups is 1. The van der Waals surface area contributed by atoms with Gasteiger partial charge in [-0.25, -0.2) is 0 Å². The number of esters is 1. The summed E-state index contributed by atoms with van der Waals surface area (Å²) < 4.78 is 11.1. The molecular weight excluding hydrogens is 544 g/mol. The maximum Gasteiger partial charge on any atom is 0.306 e. The molecule has 0 aromatic carbocycles. The van der Waals surface area contributed by atoms with Gasteiger partial charge in [0, 0.05) is 13.0 Å². The van der Waals surface area contributed by atoms with Gasteiger partial charge < -0.3 is 14.6 Å². The van der Waals surface area contributed by atoms with Crippen LogP contribution >= 0.6 is 0 Å². The van der Waals surface area contributed by atoms with E-state index < -0.39 is 6.10 Å². The summed E-state index contributed by atoms with van der Waals surface area (Å²) in [5.74, 6) is -0.226. The molecule has 0 saturated carbocycles. The Hall–Kier alpha value is -2.17. The fourth-order valence-corrected chi connectivity index (χ4v) is 4.59. The van der Waals surface area contributed by atoms with Gasteiger partial charge in [0.25, 0.3) is 0 Å². The van der Waals surface area contributed by atoms with Crippen LogP contribution in [0.2, 0.25) is 0 Å². The van der Waals surface area contributed by atoms with E-state index in [0.717, 1.165) is 70.6 Å². The quantitative estimate of drug-likeness (QED) is 0.0466. The van der Waals surface area contributed by atoms with Crippen molar-refractivity contribution in [3.63, 3.8) is 0 Å². The number of hydrogen-bond acceptors (Lipinski definition) is 4. The lowest BCUT2D eigenvalue weighted by Gasteiger charge is -2.15. The zero-order valence-electron chi connectivity index (χ0n) is 28.6. The van der Waals surface area contributed by atoms with Crippen LogP contribution in [0.3, 0.4) is 0 Å².